The van der Waals surface area contributed by atoms with Crippen molar-refractivity contribution in [1.82, 2.24) is 0 Å². The van der Waals surface area contributed by atoms with E-state index in [4.69, 9.17) is 9.47 Å². The number of anilines is 1. The maximum Gasteiger partial charge on any atom is 0.416 e. The van der Waals surface area contributed by atoms with E-state index >= 15 is 0 Å². The Labute approximate surface area is 161 Å². The number of rotatable bonds is 4. The third-order valence-corrected chi connectivity index (χ3v) is 5.38. The number of benzene rings is 2. The molecule has 0 aliphatic carbocycles. The van der Waals surface area contributed by atoms with Gasteiger partial charge in [-0.1, -0.05) is 12.1 Å². The molecule has 0 bridgehead atoms. The molecule has 0 spiro atoms. The normalized spacial score (nSPS) is 19.9. The van der Waals surface area contributed by atoms with E-state index in [2.05, 4.69) is 4.90 Å². The van der Waals surface area contributed by atoms with Crippen molar-refractivity contribution in [2.24, 2.45) is 0 Å². The first-order valence-electron chi connectivity index (χ1n) is 9.33. The van der Waals surface area contributed by atoms with Gasteiger partial charge in [0.2, 0.25) is 0 Å². The van der Waals surface area contributed by atoms with Crippen molar-refractivity contribution in [3.63, 3.8) is 0 Å². The fourth-order valence-corrected chi connectivity index (χ4v) is 3.59. The molecule has 1 N–H and O–H groups in total. The minimum absolute atomic E-state index is 0.0617. The highest BCUT2D eigenvalue weighted by molar-refractivity contribution is 5.48. The van der Waals surface area contributed by atoms with Crippen molar-refractivity contribution in [3.05, 3.63) is 59.7 Å². The molecule has 4 nitrogen and oxygen atoms in total. The molecule has 28 heavy (non-hydrogen) atoms. The summed E-state index contributed by atoms with van der Waals surface area (Å²) in [5.41, 5.74) is 0.108. The highest BCUT2D eigenvalue weighted by Gasteiger charge is 2.37. The van der Waals surface area contributed by atoms with Crippen LogP contribution in [0.25, 0.3) is 0 Å². The second-order valence-electron chi connectivity index (χ2n) is 7.40. The predicted molar refractivity (Wildman–Crippen MR) is 98.5 cm³/mol. The summed E-state index contributed by atoms with van der Waals surface area (Å²) in [4.78, 5) is 2.08. The lowest BCUT2D eigenvalue weighted by molar-refractivity contribution is -0.184. The molecule has 2 aliphatic heterocycles. The lowest BCUT2D eigenvalue weighted by atomic mass is 9.92. The van der Waals surface area contributed by atoms with Gasteiger partial charge in [-0.15, -0.1) is 0 Å². The number of hydrogen-bond donors (Lipinski definition) is 1. The van der Waals surface area contributed by atoms with E-state index in [-0.39, 0.29) is 6.10 Å². The van der Waals surface area contributed by atoms with E-state index < -0.39 is 17.3 Å². The highest BCUT2D eigenvalue weighted by atomic mass is 19.4. The number of hydrogen-bond acceptors (Lipinski definition) is 4. The zero-order valence-corrected chi connectivity index (χ0v) is 15.3. The molecule has 2 saturated heterocycles. The van der Waals surface area contributed by atoms with Gasteiger partial charge >= 0.3 is 6.18 Å². The average molecular weight is 393 g/mol. The van der Waals surface area contributed by atoms with Crippen LogP contribution in [0.5, 0.6) is 5.75 Å². The monoisotopic (exact) mass is 393 g/mol. The SMILES string of the molecule is OC1(c2ccc(OC3CCN(c4ccc(C(F)(F)F)cc4)CC3)cc2)COC1. The standard InChI is InChI=1S/C21H22F3NO3/c22-21(23,24)16-1-5-17(6-2-16)25-11-9-19(10-12-25)28-18-7-3-15(4-8-18)20(26)13-27-14-20/h1-8,19,26H,9-14H2. The zero-order chi connectivity index (χ0) is 19.8. The maximum absolute atomic E-state index is 12.7. The first-order valence-corrected chi connectivity index (χ1v) is 9.33. The summed E-state index contributed by atoms with van der Waals surface area (Å²) in [5.74, 6) is 0.751. The summed E-state index contributed by atoms with van der Waals surface area (Å²) >= 11 is 0. The van der Waals surface area contributed by atoms with E-state index in [0.717, 1.165) is 55.1 Å². The van der Waals surface area contributed by atoms with Gasteiger partial charge in [-0.25, -0.2) is 0 Å². The predicted octanol–water partition coefficient (Wildman–Crippen LogP) is 3.97. The van der Waals surface area contributed by atoms with Gasteiger partial charge in [0, 0.05) is 31.6 Å². The van der Waals surface area contributed by atoms with E-state index in [0.29, 0.717) is 13.2 Å². The van der Waals surface area contributed by atoms with Gasteiger partial charge in [-0.2, -0.15) is 13.2 Å². The molecule has 0 radical (unpaired) electrons. The van der Waals surface area contributed by atoms with Crippen LogP contribution in [-0.4, -0.2) is 37.5 Å². The summed E-state index contributed by atoms with van der Waals surface area (Å²) in [7, 11) is 0. The number of alkyl halides is 3. The summed E-state index contributed by atoms with van der Waals surface area (Å²) in [6, 6.07) is 12.7. The Morgan fingerprint density at radius 2 is 1.57 bits per heavy atom. The Morgan fingerprint density at radius 3 is 2.07 bits per heavy atom. The van der Waals surface area contributed by atoms with Gasteiger partial charge < -0.3 is 19.5 Å². The van der Waals surface area contributed by atoms with Crippen LogP contribution in [0.4, 0.5) is 18.9 Å². The van der Waals surface area contributed by atoms with Crippen molar-refractivity contribution >= 4 is 5.69 Å². The molecule has 150 valence electrons. The Kier molecular flexibility index (Phi) is 4.97. The number of halogens is 3. The average Bonchev–Trinajstić information content (AvgIpc) is 2.67. The second kappa shape index (κ2) is 7.29. The van der Waals surface area contributed by atoms with E-state index in [1.165, 1.54) is 12.1 Å². The van der Waals surface area contributed by atoms with Crippen LogP contribution >= 0.6 is 0 Å². The number of aliphatic hydroxyl groups is 1. The molecular formula is C21H22F3NO3. The van der Waals surface area contributed by atoms with Crippen LogP contribution in [0, 0.1) is 0 Å². The summed E-state index contributed by atoms with van der Waals surface area (Å²) in [6.45, 7) is 2.08. The second-order valence-corrected chi connectivity index (χ2v) is 7.40. The summed E-state index contributed by atoms with van der Waals surface area (Å²) < 4.78 is 49.2. The molecule has 2 fully saturated rings. The molecule has 0 saturated carbocycles. The third-order valence-electron chi connectivity index (χ3n) is 5.38. The van der Waals surface area contributed by atoms with E-state index in [1.54, 1.807) is 0 Å². The Balaban J connectivity index is 1.30. The molecule has 0 aromatic heterocycles. The van der Waals surface area contributed by atoms with Gasteiger partial charge in [-0.05, 0) is 42.0 Å². The first kappa shape index (κ1) is 19.1. The lowest BCUT2D eigenvalue weighted by Gasteiger charge is -2.37. The van der Waals surface area contributed by atoms with Crippen molar-refractivity contribution in [3.8, 4) is 5.75 Å². The molecule has 2 aromatic carbocycles. The number of piperidine rings is 1. The fourth-order valence-electron chi connectivity index (χ4n) is 3.59. The van der Waals surface area contributed by atoms with Crippen LogP contribution in [0.3, 0.4) is 0 Å². The Morgan fingerprint density at radius 1 is 0.964 bits per heavy atom. The minimum atomic E-state index is -4.31. The first-order chi connectivity index (χ1) is 13.3. The molecular weight excluding hydrogens is 371 g/mol. The molecule has 2 aliphatic rings. The van der Waals surface area contributed by atoms with Crippen LogP contribution in [0.2, 0.25) is 0 Å². The fraction of sp³-hybridized carbons (Fsp3) is 0.429. The molecule has 0 atom stereocenters. The molecule has 0 amide bonds. The smallest absolute Gasteiger partial charge is 0.416 e. The largest absolute Gasteiger partial charge is 0.490 e. The lowest BCUT2D eigenvalue weighted by Crippen LogP contribution is -2.46. The molecule has 7 heteroatoms. The zero-order valence-electron chi connectivity index (χ0n) is 15.3. The van der Waals surface area contributed by atoms with Crippen molar-refractivity contribution in [2.75, 3.05) is 31.2 Å². The van der Waals surface area contributed by atoms with Crippen LogP contribution < -0.4 is 9.64 Å². The maximum atomic E-state index is 12.7. The van der Waals surface area contributed by atoms with Crippen LogP contribution in [0.1, 0.15) is 24.0 Å². The highest BCUT2D eigenvalue weighted by Crippen LogP contribution is 2.32. The van der Waals surface area contributed by atoms with Crippen molar-refractivity contribution in [1.29, 1.82) is 0 Å². The summed E-state index contributed by atoms with van der Waals surface area (Å²) in [6.07, 6.45) is -2.66. The van der Waals surface area contributed by atoms with Gasteiger partial charge in [0.1, 0.15) is 17.5 Å². The Hall–Kier alpha value is -2.25. The van der Waals surface area contributed by atoms with Gasteiger partial charge in [0.05, 0.1) is 18.8 Å². The van der Waals surface area contributed by atoms with Gasteiger partial charge in [0.15, 0.2) is 0 Å². The summed E-state index contributed by atoms with van der Waals surface area (Å²) in [5, 5.41) is 10.3. The minimum Gasteiger partial charge on any atom is -0.490 e. The Bertz CT molecular complexity index is 793. The molecule has 0 unspecified atom stereocenters. The van der Waals surface area contributed by atoms with E-state index in [1.807, 2.05) is 24.3 Å². The number of ether oxygens (including phenoxy) is 2. The third kappa shape index (κ3) is 3.95. The topological polar surface area (TPSA) is 41.9 Å². The van der Waals surface area contributed by atoms with E-state index in [9.17, 15) is 18.3 Å². The van der Waals surface area contributed by atoms with Crippen LogP contribution in [-0.2, 0) is 16.5 Å². The van der Waals surface area contributed by atoms with Crippen molar-refractivity contribution < 1.29 is 27.8 Å². The van der Waals surface area contributed by atoms with Crippen LogP contribution in [0.15, 0.2) is 48.5 Å². The molecule has 2 heterocycles. The van der Waals surface area contributed by atoms with Gasteiger partial charge in [-0.3, -0.25) is 0 Å². The van der Waals surface area contributed by atoms with Gasteiger partial charge in [0.25, 0.3) is 0 Å². The van der Waals surface area contributed by atoms with Crippen molar-refractivity contribution in [2.45, 2.75) is 30.7 Å². The number of nitrogens with zero attached hydrogens (tertiary/aromatic N) is 1. The quantitative estimate of drug-likeness (QED) is 0.854. The molecule has 4 rings (SSSR count). The molecule has 2 aromatic rings.